The third kappa shape index (κ3) is 2.67. The molecule has 3 atom stereocenters. The van der Waals surface area contributed by atoms with Gasteiger partial charge in [0.1, 0.15) is 5.75 Å². The summed E-state index contributed by atoms with van der Waals surface area (Å²) in [7, 11) is 3.40. The molecule has 0 aromatic heterocycles. The number of hydrogen-bond donors (Lipinski definition) is 0. The van der Waals surface area contributed by atoms with Crippen LogP contribution in [0.1, 0.15) is 45.1 Å². The average molecular weight is 318 g/mol. The molecule has 3 nitrogen and oxygen atoms in total. The second-order valence-corrected chi connectivity index (χ2v) is 7.40. The summed E-state index contributed by atoms with van der Waals surface area (Å²) in [5.41, 5.74) is 1.47. The number of methoxy groups -OCH3 is 1. The van der Waals surface area contributed by atoms with E-state index in [0.717, 1.165) is 43.7 Å². The van der Waals surface area contributed by atoms with E-state index in [1.165, 1.54) is 5.56 Å². The summed E-state index contributed by atoms with van der Waals surface area (Å²) in [4.78, 5) is 6.66. The van der Waals surface area contributed by atoms with Gasteiger partial charge in [0.05, 0.1) is 12.6 Å². The quantitative estimate of drug-likeness (QED) is 0.841. The number of ether oxygens (including phenoxy) is 1. The molecular formula is C19H27FN2O. The van der Waals surface area contributed by atoms with Gasteiger partial charge in [0.2, 0.25) is 0 Å². The number of alkyl halides is 1. The number of nitrogens with zero attached hydrogens (tertiary/aromatic N) is 2. The average Bonchev–Trinajstić information content (AvgIpc) is 2.55. The lowest BCUT2D eigenvalue weighted by molar-refractivity contribution is -0.0902. The van der Waals surface area contributed by atoms with Gasteiger partial charge in [0.25, 0.3) is 0 Å². The highest BCUT2D eigenvalue weighted by Crippen LogP contribution is 2.48. The van der Waals surface area contributed by atoms with Gasteiger partial charge >= 0.3 is 0 Å². The van der Waals surface area contributed by atoms with Gasteiger partial charge < -0.3 is 4.74 Å². The molecule has 1 aromatic carbocycles. The maximum atomic E-state index is 15.2. The molecule has 0 unspecified atom stereocenters. The molecule has 4 heteroatoms. The molecule has 0 aliphatic carbocycles. The molecule has 0 amide bonds. The molecule has 2 aliphatic rings. The van der Waals surface area contributed by atoms with Crippen LogP contribution in [0.3, 0.4) is 0 Å². The minimum absolute atomic E-state index is 0.00956. The van der Waals surface area contributed by atoms with Crippen molar-refractivity contribution < 1.29 is 9.13 Å². The molecule has 2 bridgehead atoms. The largest absolute Gasteiger partial charge is 0.497 e. The zero-order valence-corrected chi connectivity index (χ0v) is 14.6. The Balaban J connectivity index is 1.92. The normalized spacial score (nSPS) is 36.2. The van der Waals surface area contributed by atoms with E-state index in [-0.39, 0.29) is 5.54 Å². The molecular weight excluding hydrogens is 291 g/mol. The summed E-state index contributed by atoms with van der Waals surface area (Å²) in [5, 5.41) is 0. The van der Waals surface area contributed by atoms with Crippen LogP contribution in [0.4, 0.5) is 4.39 Å². The Bertz CT molecular complexity index is 600. The van der Waals surface area contributed by atoms with E-state index in [0.29, 0.717) is 0 Å². The standard InChI is InChI=1S/C19H27FN2O/c1-18-10-5-11-19(2,17(20)16(12-18)21-3)22(18)13-14-6-8-15(23-4)9-7-14/h6-9,17H,5,10-13H2,1-4H3/t17-,18-,19+/m0/s1. The number of rotatable bonds is 3. The molecule has 0 radical (unpaired) electrons. The van der Waals surface area contributed by atoms with Crippen molar-refractivity contribution in [2.75, 3.05) is 14.2 Å². The van der Waals surface area contributed by atoms with Crippen molar-refractivity contribution in [2.24, 2.45) is 4.99 Å². The molecule has 0 saturated carbocycles. The Kier molecular flexibility index (Phi) is 4.21. The lowest BCUT2D eigenvalue weighted by Crippen LogP contribution is -2.70. The molecule has 23 heavy (non-hydrogen) atoms. The summed E-state index contributed by atoms with van der Waals surface area (Å²) < 4.78 is 20.4. The predicted octanol–water partition coefficient (Wildman–Crippen LogP) is 4.01. The Hall–Kier alpha value is -1.42. The molecule has 2 fully saturated rings. The molecule has 1 aromatic rings. The van der Waals surface area contributed by atoms with E-state index in [2.05, 4.69) is 35.9 Å². The summed E-state index contributed by atoms with van der Waals surface area (Å²) >= 11 is 0. The zero-order valence-electron chi connectivity index (χ0n) is 14.6. The lowest BCUT2D eigenvalue weighted by Gasteiger charge is -2.60. The molecule has 3 rings (SSSR count). The number of fused-ring (bicyclic) bond motifs is 2. The van der Waals surface area contributed by atoms with Crippen LogP contribution in [-0.4, -0.2) is 42.0 Å². The van der Waals surface area contributed by atoms with Crippen molar-refractivity contribution in [3.8, 4) is 5.75 Å². The number of benzene rings is 1. The van der Waals surface area contributed by atoms with Crippen LogP contribution < -0.4 is 4.74 Å². The highest BCUT2D eigenvalue weighted by Gasteiger charge is 2.56. The van der Waals surface area contributed by atoms with Gasteiger partial charge in [0, 0.05) is 31.3 Å². The lowest BCUT2D eigenvalue weighted by atomic mass is 9.67. The summed E-state index contributed by atoms with van der Waals surface area (Å²) in [5.74, 6) is 0.855. The van der Waals surface area contributed by atoms with E-state index in [9.17, 15) is 0 Å². The number of hydrogen-bond acceptors (Lipinski definition) is 3. The molecule has 2 saturated heterocycles. The van der Waals surface area contributed by atoms with Crippen LogP contribution in [0.2, 0.25) is 0 Å². The van der Waals surface area contributed by atoms with Gasteiger partial charge in [-0.2, -0.15) is 0 Å². The monoisotopic (exact) mass is 318 g/mol. The first-order valence-electron chi connectivity index (χ1n) is 8.43. The van der Waals surface area contributed by atoms with Gasteiger partial charge in [0.15, 0.2) is 6.17 Å². The smallest absolute Gasteiger partial charge is 0.156 e. The Labute approximate surface area is 138 Å². The predicted molar refractivity (Wildman–Crippen MR) is 92.1 cm³/mol. The first kappa shape index (κ1) is 16.4. The van der Waals surface area contributed by atoms with Crippen LogP contribution >= 0.6 is 0 Å². The van der Waals surface area contributed by atoms with E-state index < -0.39 is 11.7 Å². The molecule has 2 heterocycles. The van der Waals surface area contributed by atoms with E-state index >= 15 is 4.39 Å². The maximum Gasteiger partial charge on any atom is 0.156 e. The first-order valence-corrected chi connectivity index (χ1v) is 8.43. The van der Waals surface area contributed by atoms with Gasteiger partial charge in [-0.3, -0.25) is 9.89 Å². The van der Waals surface area contributed by atoms with Gasteiger partial charge in [-0.15, -0.1) is 0 Å². The number of aliphatic imine (C=N–C) groups is 1. The number of piperidine rings is 2. The highest BCUT2D eigenvalue weighted by atomic mass is 19.1. The fourth-order valence-corrected chi connectivity index (χ4v) is 4.48. The second-order valence-electron chi connectivity index (χ2n) is 7.40. The zero-order chi connectivity index (χ0) is 16.7. The molecule has 0 spiro atoms. The number of halogens is 1. The fourth-order valence-electron chi connectivity index (χ4n) is 4.48. The molecule has 0 N–H and O–H groups in total. The minimum Gasteiger partial charge on any atom is -0.497 e. The molecule has 2 aliphatic heterocycles. The highest BCUT2D eigenvalue weighted by molar-refractivity contribution is 5.92. The third-order valence-corrected chi connectivity index (χ3v) is 5.85. The van der Waals surface area contributed by atoms with Crippen LogP contribution in [0.25, 0.3) is 0 Å². The van der Waals surface area contributed by atoms with Gasteiger partial charge in [-0.05, 0) is 50.8 Å². The SMILES string of the molecule is CN=C1C[C@]2(C)CCC[C@](C)([C@H]1F)N2Cc1ccc(OC)cc1. The van der Waals surface area contributed by atoms with E-state index in [4.69, 9.17) is 4.74 Å². The Morgan fingerprint density at radius 2 is 1.96 bits per heavy atom. The van der Waals surface area contributed by atoms with Crippen molar-refractivity contribution in [3.63, 3.8) is 0 Å². The van der Waals surface area contributed by atoms with Crippen molar-refractivity contribution in [1.29, 1.82) is 0 Å². The third-order valence-electron chi connectivity index (χ3n) is 5.85. The first-order chi connectivity index (χ1) is 10.9. The summed E-state index contributed by atoms with van der Waals surface area (Å²) in [6, 6.07) is 8.12. The van der Waals surface area contributed by atoms with Crippen LogP contribution in [0, 0.1) is 0 Å². The van der Waals surface area contributed by atoms with E-state index in [1.807, 2.05) is 12.1 Å². The minimum atomic E-state index is -0.973. The Morgan fingerprint density at radius 3 is 2.57 bits per heavy atom. The summed E-state index contributed by atoms with van der Waals surface area (Å²) in [6.07, 6.45) is 2.84. The van der Waals surface area contributed by atoms with Gasteiger partial charge in [-0.25, -0.2) is 4.39 Å². The topological polar surface area (TPSA) is 24.8 Å². The fraction of sp³-hybridized carbons (Fsp3) is 0.632. The van der Waals surface area contributed by atoms with Crippen molar-refractivity contribution in [2.45, 2.75) is 63.3 Å². The van der Waals surface area contributed by atoms with Crippen molar-refractivity contribution in [3.05, 3.63) is 29.8 Å². The van der Waals surface area contributed by atoms with E-state index in [1.54, 1.807) is 14.2 Å². The van der Waals surface area contributed by atoms with Crippen LogP contribution in [0.15, 0.2) is 29.3 Å². The maximum absolute atomic E-state index is 15.2. The van der Waals surface area contributed by atoms with Crippen LogP contribution in [-0.2, 0) is 6.54 Å². The Morgan fingerprint density at radius 1 is 1.26 bits per heavy atom. The van der Waals surface area contributed by atoms with Crippen LogP contribution in [0.5, 0.6) is 5.75 Å². The summed E-state index contributed by atoms with van der Waals surface area (Å²) in [6.45, 7) is 5.11. The molecule has 126 valence electrons. The van der Waals surface area contributed by atoms with Gasteiger partial charge in [-0.1, -0.05) is 12.1 Å². The van der Waals surface area contributed by atoms with Crippen molar-refractivity contribution in [1.82, 2.24) is 4.90 Å². The second kappa shape index (κ2) is 5.90. The van der Waals surface area contributed by atoms with Crippen molar-refractivity contribution >= 4 is 5.71 Å².